The van der Waals surface area contributed by atoms with Crippen molar-refractivity contribution in [3.8, 4) is 0 Å². The van der Waals surface area contributed by atoms with Crippen LogP contribution in [-0.4, -0.2) is 21.5 Å². The lowest BCUT2D eigenvalue weighted by molar-refractivity contribution is -0.287. The van der Waals surface area contributed by atoms with Crippen molar-refractivity contribution >= 4 is 10.9 Å². The first-order valence-corrected chi connectivity index (χ1v) is 10.0. The number of fused-ring (bicyclic) bond motifs is 1. The molecule has 1 heterocycles. The smallest absolute Gasteiger partial charge is 0.379 e. The molecule has 1 aromatic carbocycles. The van der Waals surface area contributed by atoms with Crippen LogP contribution in [0.15, 0.2) is 41.3 Å². The summed E-state index contributed by atoms with van der Waals surface area (Å²) in [6.07, 6.45) is 0.276. The first kappa shape index (κ1) is 20.9. The fraction of sp³-hybridized carbons (Fsp3) is 0.591. The standard InChI is InChI=1S/C22H28F3NO2/c1-15(2)14-21(28,22(23,24)25)20(16-8-4-3-5-9-16)26-13-12-19(27)17-10-6-7-11-18(17)26/h6-7,10-13,15-16,20,28H,3-5,8-9,14H2,1-2H3. The van der Waals surface area contributed by atoms with Gasteiger partial charge in [0.1, 0.15) is 0 Å². The Bertz CT molecular complexity index is 868. The van der Waals surface area contributed by atoms with Gasteiger partial charge in [-0.2, -0.15) is 13.2 Å². The van der Waals surface area contributed by atoms with E-state index in [4.69, 9.17) is 0 Å². The van der Waals surface area contributed by atoms with Crippen LogP contribution in [0.5, 0.6) is 0 Å². The second-order valence-electron chi connectivity index (χ2n) is 8.47. The third kappa shape index (κ3) is 3.84. The number of hydrogen-bond donors (Lipinski definition) is 1. The molecule has 0 bridgehead atoms. The number of aromatic nitrogens is 1. The number of para-hydroxylation sites is 1. The normalized spacial score (nSPS) is 19.7. The highest BCUT2D eigenvalue weighted by molar-refractivity contribution is 5.78. The predicted molar refractivity (Wildman–Crippen MR) is 104 cm³/mol. The number of nitrogens with zero attached hydrogens (tertiary/aromatic N) is 1. The van der Waals surface area contributed by atoms with Crippen LogP contribution < -0.4 is 5.43 Å². The van der Waals surface area contributed by atoms with Gasteiger partial charge >= 0.3 is 6.18 Å². The van der Waals surface area contributed by atoms with Crippen molar-refractivity contribution in [2.75, 3.05) is 0 Å². The van der Waals surface area contributed by atoms with Crippen molar-refractivity contribution in [2.24, 2.45) is 11.8 Å². The van der Waals surface area contributed by atoms with Gasteiger partial charge in [0.15, 0.2) is 11.0 Å². The van der Waals surface area contributed by atoms with Gasteiger partial charge in [-0.25, -0.2) is 0 Å². The minimum Gasteiger partial charge on any atom is -0.379 e. The molecule has 28 heavy (non-hydrogen) atoms. The van der Waals surface area contributed by atoms with Crippen LogP contribution in [0.3, 0.4) is 0 Å². The van der Waals surface area contributed by atoms with Gasteiger partial charge in [-0.15, -0.1) is 0 Å². The van der Waals surface area contributed by atoms with Gasteiger partial charge in [-0.1, -0.05) is 45.2 Å². The Morgan fingerprint density at radius 3 is 2.36 bits per heavy atom. The Hall–Kier alpha value is -1.82. The summed E-state index contributed by atoms with van der Waals surface area (Å²) in [5.41, 5.74) is -2.65. The summed E-state index contributed by atoms with van der Waals surface area (Å²) >= 11 is 0. The maximum atomic E-state index is 14.3. The van der Waals surface area contributed by atoms with E-state index >= 15 is 0 Å². The van der Waals surface area contributed by atoms with Crippen LogP contribution >= 0.6 is 0 Å². The third-order valence-corrected chi connectivity index (χ3v) is 5.93. The van der Waals surface area contributed by atoms with Crippen LogP contribution in [0, 0.1) is 11.8 Å². The average molecular weight is 395 g/mol. The zero-order chi connectivity index (χ0) is 20.5. The van der Waals surface area contributed by atoms with E-state index in [0.717, 1.165) is 19.3 Å². The number of rotatable bonds is 5. The SMILES string of the molecule is CC(C)CC(O)(C(C1CCCCC1)n1ccc(=O)c2ccccc21)C(F)(F)F. The van der Waals surface area contributed by atoms with Crippen molar-refractivity contribution in [3.63, 3.8) is 0 Å². The van der Waals surface area contributed by atoms with Gasteiger partial charge in [-0.05, 0) is 43.2 Å². The van der Waals surface area contributed by atoms with E-state index in [1.165, 1.54) is 16.8 Å². The average Bonchev–Trinajstić information content (AvgIpc) is 2.63. The van der Waals surface area contributed by atoms with E-state index in [2.05, 4.69) is 0 Å². The highest BCUT2D eigenvalue weighted by Gasteiger charge is 2.60. The highest BCUT2D eigenvalue weighted by Crippen LogP contribution is 2.50. The molecule has 154 valence electrons. The largest absolute Gasteiger partial charge is 0.419 e. The van der Waals surface area contributed by atoms with Gasteiger partial charge in [0, 0.05) is 17.6 Å². The molecule has 2 aromatic rings. The van der Waals surface area contributed by atoms with E-state index in [9.17, 15) is 23.1 Å². The fourth-order valence-corrected chi connectivity index (χ4v) is 4.79. The molecule has 0 aliphatic heterocycles. The topological polar surface area (TPSA) is 42.2 Å². The maximum Gasteiger partial charge on any atom is 0.419 e. The van der Waals surface area contributed by atoms with E-state index in [-0.39, 0.29) is 23.7 Å². The minimum absolute atomic E-state index is 0.228. The molecular formula is C22H28F3NO2. The van der Waals surface area contributed by atoms with Crippen molar-refractivity contribution in [1.29, 1.82) is 0 Å². The van der Waals surface area contributed by atoms with Crippen molar-refractivity contribution in [1.82, 2.24) is 4.57 Å². The van der Waals surface area contributed by atoms with E-state index in [1.807, 2.05) is 0 Å². The molecule has 1 aliphatic carbocycles. The maximum absolute atomic E-state index is 14.3. The van der Waals surface area contributed by atoms with Crippen molar-refractivity contribution in [2.45, 2.75) is 70.2 Å². The molecule has 0 saturated heterocycles. The molecule has 1 fully saturated rings. The number of hydrogen-bond acceptors (Lipinski definition) is 2. The molecule has 6 heteroatoms. The molecule has 1 aromatic heterocycles. The quantitative estimate of drug-likeness (QED) is 0.730. The van der Waals surface area contributed by atoms with E-state index in [0.29, 0.717) is 23.7 Å². The second-order valence-corrected chi connectivity index (χ2v) is 8.47. The molecular weight excluding hydrogens is 367 g/mol. The molecule has 2 unspecified atom stereocenters. The van der Waals surface area contributed by atoms with E-state index < -0.39 is 17.8 Å². The lowest BCUT2D eigenvalue weighted by Gasteiger charge is -2.45. The summed E-state index contributed by atoms with van der Waals surface area (Å²) in [5, 5.41) is 11.6. The number of alkyl halides is 3. The molecule has 0 radical (unpaired) electrons. The zero-order valence-electron chi connectivity index (χ0n) is 16.4. The summed E-state index contributed by atoms with van der Waals surface area (Å²) in [6.45, 7) is 3.39. The Morgan fingerprint density at radius 1 is 1.11 bits per heavy atom. The van der Waals surface area contributed by atoms with Gasteiger partial charge in [-0.3, -0.25) is 4.79 Å². The summed E-state index contributed by atoms with van der Waals surface area (Å²) in [7, 11) is 0. The minimum atomic E-state index is -4.77. The Kier molecular flexibility index (Phi) is 5.89. The van der Waals surface area contributed by atoms with Gasteiger partial charge in [0.05, 0.1) is 11.6 Å². The lowest BCUT2D eigenvalue weighted by Crippen LogP contribution is -2.55. The Morgan fingerprint density at radius 2 is 1.75 bits per heavy atom. The van der Waals surface area contributed by atoms with E-state index in [1.54, 1.807) is 38.1 Å². The van der Waals surface area contributed by atoms with Crippen LogP contribution in [0.25, 0.3) is 10.9 Å². The fourth-order valence-electron chi connectivity index (χ4n) is 4.79. The molecule has 1 aliphatic rings. The summed E-state index contributed by atoms with van der Waals surface area (Å²) < 4.78 is 44.4. The van der Waals surface area contributed by atoms with Gasteiger partial charge < -0.3 is 9.67 Å². The van der Waals surface area contributed by atoms with Crippen LogP contribution in [0.1, 0.15) is 58.4 Å². The summed E-state index contributed by atoms with van der Waals surface area (Å²) in [5.74, 6) is -0.631. The highest BCUT2D eigenvalue weighted by atomic mass is 19.4. The molecule has 2 atom stereocenters. The van der Waals surface area contributed by atoms with Crippen LogP contribution in [-0.2, 0) is 0 Å². The number of benzene rings is 1. The van der Waals surface area contributed by atoms with Crippen molar-refractivity contribution in [3.05, 3.63) is 46.8 Å². The first-order valence-electron chi connectivity index (χ1n) is 10.0. The number of halogens is 3. The monoisotopic (exact) mass is 395 g/mol. The number of pyridine rings is 1. The molecule has 0 amide bonds. The molecule has 0 spiro atoms. The van der Waals surface area contributed by atoms with Crippen LogP contribution in [0.2, 0.25) is 0 Å². The Balaban J connectivity index is 2.26. The first-order chi connectivity index (χ1) is 13.1. The van der Waals surface area contributed by atoms with Crippen LogP contribution in [0.4, 0.5) is 13.2 Å². The second kappa shape index (κ2) is 7.90. The molecule has 1 saturated carbocycles. The number of aliphatic hydroxyl groups is 1. The van der Waals surface area contributed by atoms with Crippen molar-refractivity contribution < 1.29 is 18.3 Å². The lowest BCUT2D eigenvalue weighted by atomic mass is 9.73. The summed E-state index contributed by atoms with van der Waals surface area (Å²) in [6, 6.07) is 6.85. The molecule has 3 rings (SSSR count). The van der Waals surface area contributed by atoms with Gasteiger partial charge in [0.2, 0.25) is 0 Å². The molecule has 3 nitrogen and oxygen atoms in total. The zero-order valence-corrected chi connectivity index (χ0v) is 16.4. The third-order valence-electron chi connectivity index (χ3n) is 5.93. The Labute approximate surface area is 163 Å². The summed E-state index contributed by atoms with van der Waals surface area (Å²) in [4.78, 5) is 12.3. The van der Waals surface area contributed by atoms with Gasteiger partial charge in [0.25, 0.3) is 0 Å². The predicted octanol–water partition coefficient (Wildman–Crippen LogP) is 5.46. The molecule has 1 N–H and O–H groups in total.